The first-order chi connectivity index (χ1) is 6.07. The number of nitrogens with zero attached hydrogens (tertiary/aromatic N) is 2. The van der Waals surface area contributed by atoms with Crippen LogP contribution in [0.4, 0.5) is 0 Å². The fraction of sp³-hybridized carbons (Fsp3) is 0.400. The van der Waals surface area contributed by atoms with E-state index < -0.39 is 0 Å². The van der Waals surface area contributed by atoms with Crippen molar-refractivity contribution in [3.8, 4) is 0 Å². The Balaban J connectivity index is 2.63. The quantitative estimate of drug-likeness (QED) is 0.619. The van der Waals surface area contributed by atoms with Gasteiger partial charge in [-0.2, -0.15) is 0 Å². The number of aromatic nitrogens is 2. The maximum absolute atomic E-state index is 5.58. The molecule has 2 aromatic heterocycles. The van der Waals surface area contributed by atoms with Gasteiger partial charge in [-0.1, -0.05) is 20.8 Å². The van der Waals surface area contributed by atoms with Crippen molar-refractivity contribution in [1.82, 2.24) is 9.97 Å². The van der Waals surface area contributed by atoms with E-state index >= 15 is 0 Å². The molecule has 2 aromatic rings. The molecule has 0 saturated carbocycles. The van der Waals surface area contributed by atoms with Gasteiger partial charge in [-0.15, -0.1) is 0 Å². The first-order valence-electron chi connectivity index (χ1n) is 4.28. The van der Waals surface area contributed by atoms with Gasteiger partial charge >= 0.3 is 0 Å². The van der Waals surface area contributed by atoms with Crippen LogP contribution >= 0.6 is 0 Å². The van der Waals surface area contributed by atoms with E-state index in [9.17, 15) is 0 Å². The third-order valence-corrected chi connectivity index (χ3v) is 1.83. The van der Waals surface area contributed by atoms with E-state index in [4.69, 9.17) is 4.42 Å². The van der Waals surface area contributed by atoms with Crippen molar-refractivity contribution in [2.24, 2.45) is 0 Å². The van der Waals surface area contributed by atoms with Crippen molar-refractivity contribution in [3.05, 3.63) is 24.4 Å². The van der Waals surface area contributed by atoms with Gasteiger partial charge in [0.1, 0.15) is 5.52 Å². The van der Waals surface area contributed by atoms with Crippen molar-refractivity contribution >= 4 is 11.1 Å². The highest BCUT2D eigenvalue weighted by molar-refractivity contribution is 5.70. The maximum atomic E-state index is 5.58. The molecule has 0 amide bonds. The molecule has 0 aromatic carbocycles. The second-order valence-electron chi connectivity index (χ2n) is 4.11. The zero-order valence-corrected chi connectivity index (χ0v) is 8.03. The van der Waals surface area contributed by atoms with Crippen LogP contribution in [-0.4, -0.2) is 9.97 Å². The lowest BCUT2D eigenvalue weighted by molar-refractivity contribution is 0.411. The molecule has 0 aliphatic rings. The molecule has 0 N–H and O–H groups in total. The molecule has 0 saturated heterocycles. The van der Waals surface area contributed by atoms with Crippen molar-refractivity contribution in [2.45, 2.75) is 26.2 Å². The summed E-state index contributed by atoms with van der Waals surface area (Å²) in [5, 5.41) is 0. The van der Waals surface area contributed by atoms with Gasteiger partial charge < -0.3 is 4.42 Å². The zero-order chi connectivity index (χ0) is 9.47. The summed E-state index contributed by atoms with van der Waals surface area (Å²) in [6, 6.07) is 1.83. The van der Waals surface area contributed by atoms with E-state index in [1.165, 1.54) is 0 Å². The molecular formula is C10H12N2O. The predicted octanol–water partition coefficient (Wildman–Crippen LogP) is 2.52. The van der Waals surface area contributed by atoms with Crippen molar-refractivity contribution in [2.75, 3.05) is 0 Å². The van der Waals surface area contributed by atoms with Crippen LogP contribution in [0.2, 0.25) is 0 Å². The van der Waals surface area contributed by atoms with Crippen molar-refractivity contribution < 1.29 is 4.42 Å². The Morgan fingerprint density at radius 1 is 1.31 bits per heavy atom. The Bertz CT molecular complexity index is 393. The minimum atomic E-state index is -0.0426. The smallest absolute Gasteiger partial charge is 0.200 e. The van der Waals surface area contributed by atoms with E-state index in [1.54, 1.807) is 12.4 Å². The van der Waals surface area contributed by atoms with E-state index in [-0.39, 0.29) is 5.41 Å². The number of hydrogen-bond donors (Lipinski definition) is 0. The number of oxazole rings is 1. The van der Waals surface area contributed by atoms with Gasteiger partial charge in [0.15, 0.2) is 5.58 Å². The first kappa shape index (κ1) is 8.23. The third-order valence-electron chi connectivity index (χ3n) is 1.83. The Kier molecular flexibility index (Phi) is 1.62. The van der Waals surface area contributed by atoms with Gasteiger partial charge in [0.2, 0.25) is 5.89 Å². The topological polar surface area (TPSA) is 38.9 Å². The van der Waals surface area contributed by atoms with Crippen LogP contribution in [0.3, 0.4) is 0 Å². The lowest BCUT2D eigenvalue weighted by Crippen LogP contribution is -2.10. The average molecular weight is 176 g/mol. The number of hydrogen-bond acceptors (Lipinski definition) is 3. The lowest BCUT2D eigenvalue weighted by Gasteiger charge is -2.11. The van der Waals surface area contributed by atoms with Crippen LogP contribution in [0.1, 0.15) is 26.7 Å². The largest absolute Gasteiger partial charge is 0.440 e. The molecule has 0 spiro atoms. The zero-order valence-electron chi connectivity index (χ0n) is 8.03. The fourth-order valence-electron chi connectivity index (χ4n) is 1.10. The Morgan fingerprint density at radius 3 is 2.69 bits per heavy atom. The highest BCUT2D eigenvalue weighted by atomic mass is 16.3. The van der Waals surface area contributed by atoms with Gasteiger partial charge in [-0.05, 0) is 0 Å². The van der Waals surface area contributed by atoms with Crippen LogP contribution in [0.25, 0.3) is 11.1 Å². The molecule has 3 heteroatoms. The first-order valence-corrected chi connectivity index (χ1v) is 4.28. The number of pyridine rings is 1. The summed E-state index contributed by atoms with van der Waals surface area (Å²) >= 11 is 0. The summed E-state index contributed by atoms with van der Waals surface area (Å²) in [6.45, 7) is 6.22. The normalized spacial score (nSPS) is 12.2. The standard InChI is InChI=1S/C10H12N2O/c1-10(2,3)9-12-7-6-11-5-4-8(7)13-9/h4-6H,1-3H3. The molecule has 0 aliphatic carbocycles. The SMILES string of the molecule is CC(C)(C)c1nc2cnccc2o1. The lowest BCUT2D eigenvalue weighted by atomic mass is 9.97. The van der Waals surface area contributed by atoms with E-state index in [2.05, 4.69) is 30.7 Å². The summed E-state index contributed by atoms with van der Waals surface area (Å²) in [6.07, 6.45) is 3.42. The molecule has 13 heavy (non-hydrogen) atoms. The number of fused-ring (bicyclic) bond motifs is 1. The molecule has 0 aliphatic heterocycles. The molecule has 0 unspecified atom stereocenters. The summed E-state index contributed by atoms with van der Waals surface area (Å²) < 4.78 is 5.58. The van der Waals surface area contributed by atoms with Gasteiger partial charge in [0, 0.05) is 17.7 Å². The minimum Gasteiger partial charge on any atom is -0.440 e. The molecule has 0 fully saturated rings. The van der Waals surface area contributed by atoms with Gasteiger partial charge in [-0.3, -0.25) is 4.98 Å². The Labute approximate surface area is 76.8 Å². The molecule has 2 heterocycles. The summed E-state index contributed by atoms with van der Waals surface area (Å²) in [4.78, 5) is 8.34. The monoisotopic (exact) mass is 176 g/mol. The van der Waals surface area contributed by atoms with Gasteiger partial charge in [-0.25, -0.2) is 4.98 Å². The van der Waals surface area contributed by atoms with Crippen LogP contribution in [0, 0.1) is 0 Å². The van der Waals surface area contributed by atoms with Gasteiger partial charge in [0.05, 0.1) is 6.20 Å². The van der Waals surface area contributed by atoms with Crippen molar-refractivity contribution in [1.29, 1.82) is 0 Å². The number of rotatable bonds is 0. The molecule has 3 nitrogen and oxygen atoms in total. The second-order valence-corrected chi connectivity index (χ2v) is 4.11. The van der Waals surface area contributed by atoms with E-state index in [0.717, 1.165) is 17.0 Å². The van der Waals surface area contributed by atoms with E-state index in [0.29, 0.717) is 0 Å². The predicted molar refractivity (Wildman–Crippen MR) is 50.5 cm³/mol. The Hall–Kier alpha value is -1.38. The minimum absolute atomic E-state index is 0.0426. The highest BCUT2D eigenvalue weighted by Crippen LogP contribution is 2.24. The summed E-state index contributed by atoms with van der Waals surface area (Å²) in [5.74, 6) is 0.760. The molecular weight excluding hydrogens is 164 g/mol. The Morgan fingerprint density at radius 2 is 2.08 bits per heavy atom. The average Bonchev–Trinajstić information content (AvgIpc) is 2.45. The van der Waals surface area contributed by atoms with Crippen molar-refractivity contribution in [3.63, 3.8) is 0 Å². The molecule has 68 valence electrons. The fourth-order valence-corrected chi connectivity index (χ4v) is 1.10. The summed E-state index contributed by atoms with van der Waals surface area (Å²) in [5.41, 5.74) is 1.59. The second kappa shape index (κ2) is 2.55. The highest BCUT2D eigenvalue weighted by Gasteiger charge is 2.20. The van der Waals surface area contributed by atoms with Crippen LogP contribution in [0.5, 0.6) is 0 Å². The van der Waals surface area contributed by atoms with Gasteiger partial charge in [0.25, 0.3) is 0 Å². The van der Waals surface area contributed by atoms with Crippen LogP contribution in [0.15, 0.2) is 22.9 Å². The molecule has 0 bridgehead atoms. The summed E-state index contributed by atoms with van der Waals surface area (Å²) in [7, 11) is 0. The molecule has 0 radical (unpaired) electrons. The van der Waals surface area contributed by atoms with E-state index in [1.807, 2.05) is 6.07 Å². The molecule has 0 atom stereocenters. The van der Waals surface area contributed by atoms with Crippen LogP contribution in [-0.2, 0) is 5.41 Å². The third kappa shape index (κ3) is 1.41. The maximum Gasteiger partial charge on any atom is 0.200 e. The van der Waals surface area contributed by atoms with Crippen LogP contribution < -0.4 is 0 Å². The molecule has 2 rings (SSSR count).